The molecule has 0 saturated carbocycles. The number of rotatable bonds is 6. The van der Waals surface area contributed by atoms with Gasteiger partial charge in [0.15, 0.2) is 0 Å². The molecule has 0 unspecified atom stereocenters. The Kier molecular flexibility index (Phi) is 5.10. The molecule has 0 spiro atoms. The summed E-state index contributed by atoms with van der Waals surface area (Å²) in [4.78, 5) is 22.8. The van der Waals surface area contributed by atoms with Gasteiger partial charge in [-0.15, -0.1) is 0 Å². The number of carbonyl (C=O) groups excluding carboxylic acids is 2. The van der Waals surface area contributed by atoms with Gasteiger partial charge in [0.2, 0.25) is 5.91 Å². The van der Waals surface area contributed by atoms with E-state index < -0.39 is 5.97 Å². The Hall–Kier alpha value is -2.62. The summed E-state index contributed by atoms with van der Waals surface area (Å²) in [6.07, 6.45) is 1.87. The van der Waals surface area contributed by atoms with Crippen molar-refractivity contribution in [3.05, 3.63) is 65.7 Å². The van der Waals surface area contributed by atoms with E-state index in [1.54, 1.807) is 18.2 Å². The van der Waals surface area contributed by atoms with Crippen LogP contribution < -0.4 is 10.4 Å². The minimum Gasteiger partial charge on any atom is -0.545 e. The molecule has 1 amide bonds. The molecule has 0 atom stereocenters. The Morgan fingerprint density at radius 2 is 1.62 bits per heavy atom. The first-order valence-corrected chi connectivity index (χ1v) is 6.81. The van der Waals surface area contributed by atoms with Gasteiger partial charge in [0.05, 0.1) is 5.97 Å². The third-order valence-corrected chi connectivity index (χ3v) is 3.13. The highest BCUT2D eigenvalue weighted by atomic mass is 16.4. The second-order valence-corrected chi connectivity index (χ2v) is 4.72. The number of amides is 1. The quantitative estimate of drug-likeness (QED) is 0.881. The average Bonchev–Trinajstić information content (AvgIpc) is 2.48. The largest absolute Gasteiger partial charge is 0.545 e. The number of carboxylic acid groups (broad SMARTS) is 1. The Balaban J connectivity index is 1.86. The first-order valence-electron chi connectivity index (χ1n) is 6.81. The molecule has 0 fully saturated rings. The van der Waals surface area contributed by atoms with Gasteiger partial charge in [-0.2, -0.15) is 0 Å². The van der Waals surface area contributed by atoms with E-state index in [1.807, 2.05) is 30.3 Å². The summed E-state index contributed by atoms with van der Waals surface area (Å²) in [5, 5.41) is 13.6. The number of aryl methyl sites for hydroxylation is 1. The van der Waals surface area contributed by atoms with Gasteiger partial charge in [-0.05, 0) is 24.5 Å². The lowest BCUT2D eigenvalue weighted by Crippen LogP contribution is -2.24. The number of hydrogen-bond acceptors (Lipinski definition) is 3. The maximum absolute atomic E-state index is 11.9. The monoisotopic (exact) mass is 282 g/mol. The molecule has 4 heteroatoms. The van der Waals surface area contributed by atoms with Gasteiger partial charge in [0.1, 0.15) is 0 Å². The summed E-state index contributed by atoms with van der Waals surface area (Å²) in [5.74, 6) is -1.49. The predicted octanol–water partition coefficient (Wildman–Crippen LogP) is 2.01. The third-order valence-electron chi connectivity index (χ3n) is 3.13. The fraction of sp³-hybridized carbons (Fsp3) is 0.176. The molecule has 2 aromatic rings. The smallest absolute Gasteiger partial charge is 0.224 e. The molecule has 1 N–H and O–H groups in total. The van der Waals surface area contributed by atoms with Gasteiger partial charge in [0, 0.05) is 17.7 Å². The summed E-state index contributed by atoms with van der Waals surface area (Å²) in [6, 6.07) is 16.1. The summed E-state index contributed by atoms with van der Waals surface area (Å²) in [6.45, 7) is 0. The molecule has 4 nitrogen and oxygen atoms in total. The minimum absolute atomic E-state index is 0.00564. The number of hydrogen-bond donors (Lipinski definition) is 1. The molecule has 108 valence electrons. The van der Waals surface area contributed by atoms with Crippen molar-refractivity contribution in [2.24, 2.45) is 0 Å². The van der Waals surface area contributed by atoms with Crippen molar-refractivity contribution in [1.29, 1.82) is 0 Å². The summed E-state index contributed by atoms with van der Waals surface area (Å²) < 4.78 is 0. The van der Waals surface area contributed by atoms with E-state index in [0.29, 0.717) is 12.8 Å². The number of anilines is 1. The number of nitrogens with one attached hydrogen (secondary N) is 1. The zero-order valence-corrected chi connectivity index (χ0v) is 11.5. The Labute approximate surface area is 123 Å². The van der Waals surface area contributed by atoms with Gasteiger partial charge < -0.3 is 15.2 Å². The summed E-state index contributed by atoms with van der Waals surface area (Å²) in [7, 11) is 0. The van der Waals surface area contributed by atoms with Crippen LogP contribution in [0.25, 0.3) is 0 Å². The summed E-state index contributed by atoms with van der Waals surface area (Å²) >= 11 is 0. The molecule has 0 aromatic heterocycles. The van der Waals surface area contributed by atoms with Crippen LogP contribution in [0, 0.1) is 0 Å². The van der Waals surface area contributed by atoms with Crippen LogP contribution in [0.2, 0.25) is 0 Å². The molecule has 0 heterocycles. The van der Waals surface area contributed by atoms with Crippen molar-refractivity contribution in [2.75, 3.05) is 5.32 Å². The molecule has 0 aliphatic heterocycles. The normalized spacial score (nSPS) is 10.1. The van der Waals surface area contributed by atoms with E-state index in [1.165, 1.54) is 11.6 Å². The SMILES string of the molecule is O=C(CCCc1ccccc1)Nc1ccccc1C(=O)[O-]. The van der Waals surface area contributed by atoms with Gasteiger partial charge in [-0.1, -0.05) is 48.5 Å². The van der Waals surface area contributed by atoms with Crippen LogP contribution in [0.1, 0.15) is 28.8 Å². The second-order valence-electron chi connectivity index (χ2n) is 4.72. The number of carboxylic acids is 1. The minimum atomic E-state index is -1.30. The van der Waals surface area contributed by atoms with Gasteiger partial charge in [-0.25, -0.2) is 0 Å². The van der Waals surface area contributed by atoms with E-state index >= 15 is 0 Å². The van der Waals surface area contributed by atoms with Gasteiger partial charge in [0.25, 0.3) is 0 Å². The molecular formula is C17H16NO3-. The zero-order chi connectivity index (χ0) is 15.1. The lowest BCUT2D eigenvalue weighted by atomic mass is 10.1. The third kappa shape index (κ3) is 4.45. The van der Waals surface area contributed by atoms with Crippen LogP contribution in [0.5, 0.6) is 0 Å². The Bertz CT molecular complexity index is 623. The molecule has 0 saturated heterocycles. The molecule has 0 radical (unpaired) electrons. The maximum atomic E-state index is 11.9. The zero-order valence-electron chi connectivity index (χ0n) is 11.5. The molecule has 0 bridgehead atoms. The van der Waals surface area contributed by atoms with Crippen molar-refractivity contribution >= 4 is 17.6 Å². The van der Waals surface area contributed by atoms with Crippen LogP contribution in [0.15, 0.2) is 54.6 Å². The van der Waals surface area contributed by atoms with Gasteiger partial charge in [-0.3, -0.25) is 4.79 Å². The van der Waals surface area contributed by atoms with E-state index in [0.717, 1.165) is 6.42 Å². The topological polar surface area (TPSA) is 69.2 Å². The summed E-state index contributed by atoms with van der Waals surface area (Å²) in [5.41, 5.74) is 1.46. The molecule has 21 heavy (non-hydrogen) atoms. The van der Waals surface area contributed by atoms with Crippen LogP contribution in [-0.2, 0) is 11.2 Å². The van der Waals surface area contributed by atoms with Crippen molar-refractivity contribution in [3.63, 3.8) is 0 Å². The van der Waals surface area contributed by atoms with E-state index in [2.05, 4.69) is 5.32 Å². The van der Waals surface area contributed by atoms with Gasteiger partial charge >= 0.3 is 0 Å². The molecule has 0 aliphatic carbocycles. The average molecular weight is 282 g/mol. The first-order chi connectivity index (χ1) is 10.2. The van der Waals surface area contributed by atoms with Crippen LogP contribution in [0.3, 0.4) is 0 Å². The highest BCUT2D eigenvalue weighted by Gasteiger charge is 2.07. The highest BCUT2D eigenvalue weighted by molar-refractivity contribution is 5.99. The van der Waals surface area contributed by atoms with Crippen LogP contribution in [0.4, 0.5) is 5.69 Å². The molecule has 0 aliphatic rings. The molecule has 2 rings (SSSR count). The van der Waals surface area contributed by atoms with Crippen molar-refractivity contribution < 1.29 is 14.7 Å². The number of aromatic carboxylic acids is 1. The highest BCUT2D eigenvalue weighted by Crippen LogP contribution is 2.15. The van der Waals surface area contributed by atoms with E-state index in [4.69, 9.17) is 0 Å². The predicted molar refractivity (Wildman–Crippen MR) is 78.8 cm³/mol. The fourth-order valence-corrected chi connectivity index (χ4v) is 2.08. The Morgan fingerprint density at radius 1 is 0.952 bits per heavy atom. The molecular weight excluding hydrogens is 266 g/mol. The van der Waals surface area contributed by atoms with E-state index in [-0.39, 0.29) is 17.2 Å². The lowest BCUT2D eigenvalue weighted by Gasteiger charge is -2.11. The van der Waals surface area contributed by atoms with Crippen LogP contribution in [-0.4, -0.2) is 11.9 Å². The second kappa shape index (κ2) is 7.24. The van der Waals surface area contributed by atoms with Crippen molar-refractivity contribution in [1.82, 2.24) is 0 Å². The first kappa shape index (κ1) is 14.8. The van der Waals surface area contributed by atoms with Crippen molar-refractivity contribution in [3.8, 4) is 0 Å². The maximum Gasteiger partial charge on any atom is 0.224 e. The van der Waals surface area contributed by atoms with Crippen LogP contribution >= 0.6 is 0 Å². The Morgan fingerprint density at radius 3 is 2.33 bits per heavy atom. The van der Waals surface area contributed by atoms with Crippen molar-refractivity contribution in [2.45, 2.75) is 19.3 Å². The lowest BCUT2D eigenvalue weighted by molar-refractivity contribution is -0.254. The van der Waals surface area contributed by atoms with E-state index in [9.17, 15) is 14.7 Å². The fourth-order valence-electron chi connectivity index (χ4n) is 2.08. The number of para-hydroxylation sites is 1. The standard InChI is InChI=1S/C17H17NO3/c19-16(12-6-9-13-7-2-1-3-8-13)18-15-11-5-4-10-14(15)17(20)21/h1-5,7-8,10-11H,6,9,12H2,(H,18,19)(H,20,21)/p-1. The molecule has 2 aromatic carbocycles. The number of carbonyl (C=O) groups is 2. The number of benzene rings is 2.